The fourth-order valence-corrected chi connectivity index (χ4v) is 2.55. The summed E-state index contributed by atoms with van der Waals surface area (Å²) in [7, 11) is 0. The fourth-order valence-electron chi connectivity index (χ4n) is 2.55. The van der Waals surface area contributed by atoms with E-state index < -0.39 is 18.0 Å². The predicted molar refractivity (Wildman–Crippen MR) is 107 cm³/mol. The minimum absolute atomic E-state index is 0.0269. The molecule has 1 amide bonds. The highest BCUT2D eigenvalue weighted by atomic mass is 16.5. The molecule has 0 heterocycles. The van der Waals surface area contributed by atoms with E-state index in [0.29, 0.717) is 0 Å². The zero-order chi connectivity index (χ0) is 20.9. The number of carbonyl (C=O) groups is 3. The Kier molecular flexibility index (Phi) is 9.38. The molecular weight excluding hydrogens is 372 g/mol. The smallest absolute Gasteiger partial charge is 0.328 e. The van der Waals surface area contributed by atoms with Crippen LogP contribution in [-0.2, 0) is 37.1 Å². The first-order valence-corrected chi connectivity index (χ1v) is 9.48. The molecule has 0 aromatic heterocycles. The largest absolute Gasteiger partial charge is 0.461 e. The Bertz CT molecular complexity index is 780. The number of hydrogen-bond donors (Lipinski definition) is 2. The van der Waals surface area contributed by atoms with Gasteiger partial charge < -0.3 is 20.5 Å². The Morgan fingerprint density at radius 3 is 1.93 bits per heavy atom. The molecule has 2 aromatic rings. The van der Waals surface area contributed by atoms with Crippen LogP contribution in [0.3, 0.4) is 0 Å². The van der Waals surface area contributed by atoms with Crippen molar-refractivity contribution in [1.82, 2.24) is 5.32 Å². The van der Waals surface area contributed by atoms with Crippen LogP contribution >= 0.6 is 0 Å². The molecule has 0 saturated carbocycles. The van der Waals surface area contributed by atoms with Gasteiger partial charge in [-0.2, -0.15) is 0 Å². The van der Waals surface area contributed by atoms with Crippen LogP contribution in [0.5, 0.6) is 0 Å². The lowest BCUT2D eigenvalue weighted by Crippen LogP contribution is -2.42. The van der Waals surface area contributed by atoms with E-state index in [1.807, 2.05) is 60.7 Å². The normalized spacial score (nSPS) is 11.3. The highest BCUT2D eigenvalue weighted by Crippen LogP contribution is 2.08. The van der Waals surface area contributed by atoms with Crippen LogP contribution in [0, 0.1) is 0 Å². The highest BCUT2D eigenvalue weighted by molar-refractivity contribution is 5.85. The molecule has 7 nitrogen and oxygen atoms in total. The van der Waals surface area contributed by atoms with Crippen LogP contribution in [0.4, 0.5) is 0 Å². The summed E-state index contributed by atoms with van der Waals surface area (Å²) in [5.41, 5.74) is 7.08. The predicted octanol–water partition coefficient (Wildman–Crippen LogP) is 2.09. The maximum atomic E-state index is 12.4. The summed E-state index contributed by atoms with van der Waals surface area (Å²) in [6, 6.07) is 17.6. The minimum atomic E-state index is -0.943. The van der Waals surface area contributed by atoms with E-state index in [0.717, 1.165) is 11.1 Å². The van der Waals surface area contributed by atoms with Crippen molar-refractivity contribution in [3.05, 3.63) is 71.8 Å². The van der Waals surface area contributed by atoms with Gasteiger partial charge in [-0.25, -0.2) is 4.79 Å². The molecule has 0 aliphatic heterocycles. The van der Waals surface area contributed by atoms with Gasteiger partial charge in [0.15, 0.2) is 0 Å². The molecule has 0 fully saturated rings. The number of ether oxygens (including phenoxy) is 2. The Hall–Kier alpha value is -3.19. The number of nitrogens with two attached hydrogens (primary N) is 1. The molecule has 7 heteroatoms. The van der Waals surface area contributed by atoms with E-state index in [1.54, 1.807) is 0 Å². The molecule has 0 radical (unpaired) electrons. The highest BCUT2D eigenvalue weighted by Gasteiger charge is 2.23. The van der Waals surface area contributed by atoms with Gasteiger partial charge in [0, 0.05) is 19.4 Å². The lowest BCUT2D eigenvalue weighted by Gasteiger charge is -2.17. The van der Waals surface area contributed by atoms with Gasteiger partial charge in [-0.1, -0.05) is 60.7 Å². The maximum Gasteiger partial charge on any atom is 0.328 e. The fraction of sp³-hybridized carbons (Fsp3) is 0.318. The van der Waals surface area contributed by atoms with Gasteiger partial charge in [0.1, 0.15) is 19.3 Å². The summed E-state index contributed by atoms with van der Waals surface area (Å²) < 4.78 is 10.5. The van der Waals surface area contributed by atoms with Crippen molar-refractivity contribution in [2.24, 2.45) is 5.73 Å². The molecule has 0 spiro atoms. The van der Waals surface area contributed by atoms with Crippen molar-refractivity contribution in [2.75, 3.05) is 6.54 Å². The Balaban J connectivity index is 1.85. The summed E-state index contributed by atoms with van der Waals surface area (Å²) in [4.78, 5) is 36.3. The molecule has 154 valence electrons. The third-order valence-corrected chi connectivity index (χ3v) is 4.09. The first kappa shape index (κ1) is 22.1. The average molecular weight is 398 g/mol. The van der Waals surface area contributed by atoms with Gasteiger partial charge in [0.2, 0.25) is 5.91 Å². The van der Waals surface area contributed by atoms with Gasteiger partial charge in [0.05, 0.1) is 0 Å². The topological polar surface area (TPSA) is 108 Å². The number of benzene rings is 2. The van der Waals surface area contributed by atoms with E-state index in [9.17, 15) is 14.4 Å². The Labute approximate surface area is 170 Å². The molecule has 29 heavy (non-hydrogen) atoms. The minimum Gasteiger partial charge on any atom is -0.461 e. The number of nitrogens with one attached hydrogen (secondary N) is 1. The third kappa shape index (κ3) is 8.57. The Morgan fingerprint density at radius 2 is 1.38 bits per heavy atom. The van der Waals surface area contributed by atoms with Crippen LogP contribution in [0.25, 0.3) is 0 Å². The summed E-state index contributed by atoms with van der Waals surface area (Å²) >= 11 is 0. The summed E-state index contributed by atoms with van der Waals surface area (Å²) in [6.45, 7) is 0.403. The second-order valence-electron chi connectivity index (χ2n) is 6.44. The molecule has 0 aliphatic carbocycles. The summed E-state index contributed by atoms with van der Waals surface area (Å²) in [6.07, 6.45) is 0.138. The number of carbonyl (C=O) groups excluding carboxylic acids is 3. The number of esters is 2. The van der Waals surface area contributed by atoms with E-state index in [-0.39, 0.29) is 44.9 Å². The lowest BCUT2D eigenvalue weighted by molar-refractivity contribution is -0.150. The second-order valence-corrected chi connectivity index (χ2v) is 6.44. The first-order valence-electron chi connectivity index (χ1n) is 9.48. The molecule has 0 saturated heterocycles. The van der Waals surface area contributed by atoms with Gasteiger partial charge in [-0.3, -0.25) is 9.59 Å². The molecule has 0 bridgehead atoms. The van der Waals surface area contributed by atoms with Crippen molar-refractivity contribution < 1.29 is 23.9 Å². The van der Waals surface area contributed by atoms with E-state index in [4.69, 9.17) is 15.2 Å². The molecular formula is C22H26N2O5. The molecule has 2 aromatic carbocycles. The van der Waals surface area contributed by atoms with Crippen molar-refractivity contribution >= 4 is 17.8 Å². The van der Waals surface area contributed by atoms with Crippen LogP contribution in [0.2, 0.25) is 0 Å². The SMILES string of the molecule is NCCC(=O)N[C@@H](CCC(=O)OCc1ccccc1)C(=O)OCc1ccccc1. The van der Waals surface area contributed by atoms with E-state index >= 15 is 0 Å². The van der Waals surface area contributed by atoms with Gasteiger partial charge in [-0.05, 0) is 17.5 Å². The second kappa shape index (κ2) is 12.3. The number of amides is 1. The molecule has 0 aliphatic rings. The van der Waals surface area contributed by atoms with Crippen LogP contribution in [0.15, 0.2) is 60.7 Å². The third-order valence-electron chi connectivity index (χ3n) is 4.09. The maximum absolute atomic E-state index is 12.4. The quantitative estimate of drug-likeness (QED) is 0.561. The van der Waals surface area contributed by atoms with Crippen molar-refractivity contribution in [3.8, 4) is 0 Å². The first-order chi connectivity index (χ1) is 14.1. The van der Waals surface area contributed by atoms with Crippen molar-refractivity contribution in [3.63, 3.8) is 0 Å². The Morgan fingerprint density at radius 1 is 0.828 bits per heavy atom. The van der Waals surface area contributed by atoms with Gasteiger partial charge >= 0.3 is 11.9 Å². The lowest BCUT2D eigenvalue weighted by atomic mass is 10.1. The number of hydrogen-bond acceptors (Lipinski definition) is 6. The molecule has 2 rings (SSSR count). The van der Waals surface area contributed by atoms with Crippen molar-refractivity contribution in [1.29, 1.82) is 0 Å². The van der Waals surface area contributed by atoms with Crippen LogP contribution < -0.4 is 11.1 Å². The average Bonchev–Trinajstić information content (AvgIpc) is 2.75. The van der Waals surface area contributed by atoms with Crippen LogP contribution in [0.1, 0.15) is 30.4 Å². The molecule has 3 N–H and O–H groups in total. The van der Waals surface area contributed by atoms with E-state index in [2.05, 4.69) is 5.32 Å². The van der Waals surface area contributed by atoms with E-state index in [1.165, 1.54) is 0 Å². The summed E-state index contributed by atoms with van der Waals surface area (Å²) in [5, 5.41) is 2.58. The van der Waals surface area contributed by atoms with Crippen molar-refractivity contribution in [2.45, 2.75) is 38.5 Å². The zero-order valence-electron chi connectivity index (χ0n) is 16.2. The molecule has 1 atom stereocenters. The monoisotopic (exact) mass is 398 g/mol. The van der Waals surface area contributed by atoms with Gasteiger partial charge in [-0.15, -0.1) is 0 Å². The number of rotatable bonds is 11. The summed E-state index contributed by atoms with van der Waals surface area (Å²) in [5.74, 6) is -1.43. The standard InChI is InChI=1S/C22H26N2O5/c23-14-13-20(25)24-19(22(27)29-16-18-9-5-2-6-10-18)11-12-21(26)28-15-17-7-3-1-4-8-17/h1-10,19H,11-16,23H2,(H,24,25)/t19-/m0/s1. The van der Waals surface area contributed by atoms with Gasteiger partial charge in [0.25, 0.3) is 0 Å². The zero-order valence-corrected chi connectivity index (χ0v) is 16.2. The molecule has 0 unspecified atom stereocenters. The van der Waals surface area contributed by atoms with Crippen LogP contribution in [-0.4, -0.2) is 30.4 Å².